The average Bonchev–Trinajstić information content (AvgIpc) is 2.31. The number of halogens is 2. The highest BCUT2D eigenvalue weighted by atomic mass is 19.1. The van der Waals surface area contributed by atoms with Gasteiger partial charge >= 0.3 is 0 Å². The minimum Gasteiger partial charge on any atom is -0.491 e. The molecule has 102 valence electrons. The smallest absolute Gasteiger partial charge is 0.167 e. The van der Waals surface area contributed by atoms with Crippen LogP contribution in [0.15, 0.2) is 18.2 Å². The van der Waals surface area contributed by atoms with Gasteiger partial charge in [-0.25, -0.2) is 8.78 Å². The van der Waals surface area contributed by atoms with E-state index >= 15 is 0 Å². The minimum atomic E-state index is -0.655. The lowest BCUT2D eigenvalue weighted by Gasteiger charge is -2.21. The summed E-state index contributed by atoms with van der Waals surface area (Å²) >= 11 is 0. The monoisotopic (exact) mass is 257 g/mol. The van der Waals surface area contributed by atoms with Crippen molar-refractivity contribution in [3.8, 4) is 5.75 Å². The molecule has 0 radical (unpaired) electrons. The van der Waals surface area contributed by atoms with Gasteiger partial charge in [0.25, 0.3) is 0 Å². The van der Waals surface area contributed by atoms with Gasteiger partial charge in [-0.1, -0.05) is 13.8 Å². The minimum absolute atomic E-state index is 0.106. The summed E-state index contributed by atoms with van der Waals surface area (Å²) in [4.78, 5) is 0. The van der Waals surface area contributed by atoms with E-state index in [9.17, 15) is 8.78 Å². The van der Waals surface area contributed by atoms with Gasteiger partial charge in [-0.3, -0.25) is 0 Å². The predicted octanol–water partition coefficient (Wildman–Crippen LogP) is 3.50. The van der Waals surface area contributed by atoms with Crippen molar-refractivity contribution in [1.29, 1.82) is 0 Å². The van der Waals surface area contributed by atoms with Crippen LogP contribution in [0.3, 0.4) is 0 Å². The molecule has 2 N–H and O–H groups in total. The van der Waals surface area contributed by atoms with Crippen LogP contribution in [-0.2, 0) is 0 Å². The van der Waals surface area contributed by atoms with Gasteiger partial charge in [0.2, 0.25) is 0 Å². The van der Waals surface area contributed by atoms with Crippen LogP contribution in [0.2, 0.25) is 0 Å². The fourth-order valence-corrected chi connectivity index (χ4v) is 1.58. The zero-order chi connectivity index (χ0) is 13.6. The Morgan fingerprint density at radius 3 is 2.56 bits per heavy atom. The van der Waals surface area contributed by atoms with Gasteiger partial charge in [-0.05, 0) is 43.4 Å². The molecule has 0 heterocycles. The van der Waals surface area contributed by atoms with Crippen LogP contribution in [0, 0.1) is 17.0 Å². The van der Waals surface area contributed by atoms with Crippen molar-refractivity contribution in [2.24, 2.45) is 11.1 Å². The number of benzene rings is 1. The first kappa shape index (κ1) is 14.9. The fraction of sp³-hybridized carbons (Fsp3) is 0.571. The summed E-state index contributed by atoms with van der Waals surface area (Å²) in [6, 6.07) is 3.33. The highest BCUT2D eigenvalue weighted by Crippen LogP contribution is 2.22. The third kappa shape index (κ3) is 5.00. The number of hydrogen-bond donors (Lipinski definition) is 1. The van der Waals surface area contributed by atoms with E-state index in [4.69, 9.17) is 10.5 Å². The molecule has 0 atom stereocenters. The molecule has 0 aliphatic rings. The second-order valence-corrected chi connectivity index (χ2v) is 5.25. The van der Waals surface area contributed by atoms with Crippen molar-refractivity contribution in [3.05, 3.63) is 29.8 Å². The Morgan fingerprint density at radius 1 is 1.22 bits per heavy atom. The highest BCUT2D eigenvalue weighted by Gasteiger charge is 2.14. The third-order valence-corrected chi connectivity index (χ3v) is 2.95. The molecule has 0 bridgehead atoms. The van der Waals surface area contributed by atoms with E-state index in [0.717, 1.165) is 25.3 Å². The molecule has 0 fully saturated rings. The molecule has 1 aromatic rings. The normalized spacial score (nSPS) is 11.6. The second kappa shape index (κ2) is 6.69. The molecule has 0 saturated carbocycles. The Morgan fingerprint density at radius 2 is 1.94 bits per heavy atom. The number of rotatable bonds is 7. The summed E-state index contributed by atoms with van der Waals surface area (Å²) < 4.78 is 31.1. The van der Waals surface area contributed by atoms with Crippen molar-refractivity contribution >= 4 is 0 Å². The molecule has 0 saturated heterocycles. The number of ether oxygens (including phenoxy) is 1. The average molecular weight is 257 g/mol. The Hall–Kier alpha value is -1.16. The van der Waals surface area contributed by atoms with Crippen molar-refractivity contribution in [1.82, 2.24) is 0 Å². The summed E-state index contributed by atoms with van der Waals surface area (Å²) in [5.74, 6) is -1.14. The SMILES string of the molecule is CC(C)(CN)CCCCOc1ccc(F)cc1F. The molecule has 0 spiro atoms. The first-order chi connectivity index (χ1) is 8.44. The lowest BCUT2D eigenvalue weighted by molar-refractivity contribution is 0.269. The first-order valence-corrected chi connectivity index (χ1v) is 6.22. The lowest BCUT2D eigenvalue weighted by Crippen LogP contribution is -2.23. The Balaban J connectivity index is 2.26. The molecular formula is C14H21F2NO. The maximum atomic E-state index is 13.2. The summed E-state index contributed by atoms with van der Waals surface area (Å²) in [7, 11) is 0. The first-order valence-electron chi connectivity index (χ1n) is 6.22. The fourth-order valence-electron chi connectivity index (χ4n) is 1.58. The van der Waals surface area contributed by atoms with Crippen LogP contribution < -0.4 is 10.5 Å². The number of unbranched alkanes of at least 4 members (excludes halogenated alkanes) is 1. The van der Waals surface area contributed by atoms with E-state index in [1.54, 1.807) is 0 Å². The Labute approximate surface area is 107 Å². The summed E-state index contributed by atoms with van der Waals surface area (Å²) in [5.41, 5.74) is 5.77. The van der Waals surface area contributed by atoms with Crippen LogP contribution >= 0.6 is 0 Å². The van der Waals surface area contributed by atoms with Crippen molar-refractivity contribution in [2.75, 3.05) is 13.2 Å². The highest BCUT2D eigenvalue weighted by molar-refractivity contribution is 5.24. The molecular weight excluding hydrogens is 236 g/mol. The summed E-state index contributed by atoms with van der Waals surface area (Å²) in [6.45, 7) is 5.32. The van der Waals surface area contributed by atoms with E-state index in [2.05, 4.69) is 13.8 Å². The third-order valence-electron chi connectivity index (χ3n) is 2.95. The van der Waals surface area contributed by atoms with Crippen LogP contribution in [0.4, 0.5) is 8.78 Å². The summed E-state index contributed by atoms with van der Waals surface area (Å²) in [6.07, 6.45) is 2.83. The van der Waals surface area contributed by atoms with Crippen LogP contribution in [0.1, 0.15) is 33.1 Å². The Bertz CT molecular complexity index is 380. The largest absolute Gasteiger partial charge is 0.491 e. The molecule has 1 rings (SSSR count). The zero-order valence-electron chi connectivity index (χ0n) is 11.0. The van der Waals surface area contributed by atoms with E-state index in [1.807, 2.05) is 0 Å². The maximum Gasteiger partial charge on any atom is 0.167 e. The van der Waals surface area contributed by atoms with E-state index in [-0.39, 0.29) is 11.2 Å². The number of hydrogen-bond acceptors (Lipinski definition) is 2. The topological polar surface area (TPSA) is 35.2 Å². The zero-order valence-corrected chi connectivity index (χ0v) is 11.0. The van der Waals surface area contributed by atoms with Crippen LogP contribution in [0.25, 0.3) is 0 Å². The molecule has 0 amide bonds. The molecule has 2 nitrogen and oxygen atoms in total. The molecule has 0 aliphatic heterocycles. The Kier molecular flexibility index (Phi) is 5.54. The summed E-state index contributed by atoms with van der Waals surface area (Å²) in [5, 5.41) is 0. The van der Waals surface area contributed by atoms with Gasteiger partial charge in [0.05, 0.1) is 6.61 Å². The van der Waals surface area contributed by atoms with Gasteiger partial charge in [0.15, 0.2) is 11.6 Å². The van der Waals surface area contributed by atoms with E-state index in [1.165, 1.54) is 12.1 Å². The maximum absolute atomic E-state index is 13.2. The second-order valence-electron chi connectivity index (χ2n) is 5.25. The standard InChI is InChI=1S/C14H21F2NO/c1-14(2,10-17)7-3-4-8-18-13-6-5-11(15)9-12(13)16/h5-6,9H,3-4,7-8,10,17H2,1-2H3. The van der Waals surface area contributed by atoms with Gasteiger partial charge in [-0.15, -0.1) is 0 Å². The molecule has 0 aromatic heterocycles. The van der Waals surface area contributed by atoms with Gasteiger partial charge < -0.3 is 10.5 Å². The van der Waals surface area contributed by atoms with Gasteiger partial charge in [-0.2, -0.15) is 0 Å². The van der Waals surface area contributed by atoms with Crippen molar-refractivity contribution < 1.29 is 13.5 Å². The van der Waals surface area contributed by atoms with E-state index < -0.39 is 11.6 Å². The van der Waals surface area contributed by atoms with Crippen molar-refractivity contribution in [3.63, 3.8) is 0 Å². The van der Waals surface area contributed by atoms with Crippen LogP contribution in [-0.4, -0.2) is 13.2 Å². The number of nitrogens with two attached hydrogens (primary N) is 1. The van der Waals surface area contributed by atoms with E-state index in [0.29, 0.717) is 13.2 Å². The lowest BCUT2D eigenvalue weighted by atomic mass is 9.87. The quantitative estimate of drug-likeness (QED) is 0.759. The molecule has 0 aliphatic carbocycles. The molecule has 0 unspecified atom stereocenters. The van der Waals surface area contributed by atoms with Gasteiger partial charge in [0.1, 0.15) is 5.82 Å². The molecule has 1 aromatic carbocycles. The predicted molar refractivity (Wildman–Crippen MR) is 68.5 cm³/mol. The van der Waals surface area contributed by atoms with Crippen molar-refractivity contribution in [2.45, 2.75) is 33.1 Å². The molecule has 4 heteroatoms. The van der Waals surface area contributed by atoms with Crippen LogP contribution in [0.5, 0.6) is 5.75 Å². The molecule has 18 heavy (non-hydrogen) atoms. The van der Waals surface area contributed by atoms with Gasteiger partial charge in [0, 0.05) is 6.07 Å².